The van der Waals surface area contributed by atoms with E-state index in [1.54, 1.807) is 12.3 Å². The molecule has 0 saturated heterocycles. The normalized spacial score (nSPS) is 15.5. The Balaban J connectivity index is 1.67. The monoisotopic (exact) mass is 343 g/mol. The van der Waals surface area contributed by atoms with Crippen LogP contribution < -0.4 is 10.0 Å². The number of aryl methyl sites for hydroxylation is 1. The van der Waals surface area contributed by atoms with E-state index in [9.17, 15) is 8.42 Å². The predicted octanol–water partition coefficient (Wildman–Crippen LogP) is 2.24. The Morgan fingerprint density at radius 1 is 1.38 bits per heavy atom. The van der Waals surface area contributed by atoms with Crippen molar-refractivity contribution in [2.24, 2.45) is 0 Å². The molecule has 1 saturated carbocycles. The largest absolute Gasteiger partial charge is 0.309 e. The molecule has 1 fully saturated rings. The van der Waals surface area contributed by atoms with E-state index in [0.717, 1.165) is 22.0 Å². The van der Waals surface area contributed by atoms with E-state index in [-0.39, 0.29) is 6.54 Å². The van der Waals surface area contributed by atoms with Crippen LogP contribution in [0.1, 0.15) is 28.3 Å². The van der Waals surface area contributed by atoms with Crippen molar-refractivity contribution >= 4 is 32.7 Å². The molecule has 2 aromatic rings. The first kappa shape index (κ1) is 15.1. The van der Waals surface area contributed by atoms with E-state index in [1.807, 2.05) is 12.3 Å². The van der Waals surface area contributed by atoms with Crippen LogP contribution in [0.2, 0.25) is 0 Å². The molecule has 0 aromatic carbocycles. The molecule has 0 unspecified atom stereocenters. The van der Waals surface area contributed by atoms with Crippen LogP contribution in [0, 0.1) is 6.92 Å². The minimum absolute atomic E-state index is 0.243. The Kier molecular flexibility index (Phi) is 4.41. The number of hydrogen-bond donors (Lipinski definition) is 2. The van der Waals surface area contributed by atoms with Crippen LogP contribution >= 0.6 is 22.7 Å². The second kappa shape index (κ2) is 6.13. The lowest BCUT2D eigenvalue weighted by atomic mass is 10.3. The predicted molar refractivity (Wildman–Crippen MR) is 85.1 cm³/mol. The molecule has 114 valence electrons. The zero-order chi connectivity index (χ0) is 14.9. The van der Waals surface area contributed by atoms with Gasteiger partial charge in [0.05, 0.1) is 6.54 Å². The van der Waals surface area contributed by atoms with Gasteiger partial charge in [-0.3, -0.25) is 0 Å². The van der Waals surface area contributed by atoms with Crippen molar-refractivity contribution in [3.05, 3.63) is 33.1 Å². The minimum Gasteiger partial charge on any atom is -0.309 e. The lowest BCUT2D eigenvalue weighted by Gasteiger charge is -2.02. The number of thiophene rings is 1. The van der Waals surface area contributed by atoms with Gasteiger partial charge in [-0.15, -0.1) is 22.7 Å². The molecule has 1 aliphatic rings. The first-order valence-corrected chi connectivity index (χ1v) is 9.93. The van der Waals surface area contributed by atoms with Gasteiger partial charge in [-0.05, 0) is 31.4 Å². The molecule has 0 atom stereocenters. The molecule has 0 spiro atoms. The lowest BCUT2D eigenvalue weighted by molar-refractivity contribution is 0.583. The van der Waals surface area contributed by atoms with Crippen LogP contribution in [0.3, 0.4) is 0 Å². The van der Waals surface area contributed by atoms with Gasteiger partial charge in [0.2, 0.25) is 10.0 Å². The van der Waals surface area contributed by atoms with E-state index in [0.29, 0.717) is 10.3 Å². The van der Waals surface area contributed by atoms with E-state index in [4.69, 9.17) is 0 Å². The van der Waals surface area contributed by atoms with Gasteiger partial charge < -0.3 is 5.32 Å². The van der Waals surface area contributed by atoms with Gasteiger partial charge in [0, 0.05) is 29.0 Å². The number of thiazole rings is 1. The molecule has 0 radical (unpaired) electrons. The van der Waals surface area contributed by atoms with E-state index < -0.39 is 10.0 Å². The third-order valence-electron chi connectivity index (χ3n) is 3.29. The van der Waals surface area contributed by atoms with Crippen molar-refractivity contribution in [3.63, 3.8) is 0 Å². The number of sulfonamides is 1. The quantitative estimate of drug-likeness (QED) is 0.809. The highest BCUT2D eigenvalue weighted by Crippen LogP contribution is 2.27. The van der Waals surface area contributed by atoms with E-state index in [2.05, 4.69) is 15.0 Å². The Morgan fingerprint density at radius 3 is 2.86 bits per heavy atom. The minimum atomic E-state index is -3.45. The Hall–Kier alpha value is -0.800. The van der Waals surface area contributed by atoms with Crippen molar-refractivity contribution in [2.75, 3.05) is 0 Å². The van der Waals surface area contributed by atoms with Gasteiger partial charge in [-0.25, -0.2) is 18.1 Å². The van der Waals surface area contributed by atoms with E-state index in [1.165, 1.54) is 35.5 Å². The van der Waals surface area contributed by atoms with Gasteiger partial charge in [-0.2, -0.15) is 0 Å². The molecule has 5 nitrogen and oxygen atoms in total. The highest BCUT2D eigenvalue weighted by atomic mass is 32.2. The second-order valence-electron chi connectivity index (χ2n) is 5.08. The smallest absolute Gasteiger partial charge is 0.250 e. The second-order valence-corrected chi connectivity index (χ2v) is 9.19. The summed E-state index contributed by atoms with van der Waals surface area (Å²) < 4.78 is 27.6. The summed E-state index contributed by atoms with van der Waals surface area (Å²) in [5.74, 6) is 0. The molecule has 2 aromatic heterocycles. The van der Waals surface area contributed by atoms with E-state index >= 15 is 0 Å². The Morgan fingerprint density at radius 2 is 2.19 bits per heavy atom. The zero-order valence-corrected chi connectivity index (χ0v) is 14.1. The Labute approximate surface area is 132 Å². The third kappa shape index (κ3) is 3.89. The standard InChI is InChI=1S/C13H17N3O2S3/c1-9-6-13(20-11(9)7-15-10-2-3-10)21(17,18)16-8-12-14-4-5-19-12/h4-6,10,15-16H,2-3,7-8H2,1H3. The van der Waals surface area contributed by atoms with Crippen LogP contribution in [-0.4, -0.2) is 19.4 Å². The summed E-state index contributed by atoms with van der Waals surface area (Å²) in [5, 5.41) is 6.02. The molecule has 0 bridgehead atoms. The summed E-state index contributed by atoms with van der Waals surface area (Å²) in [7, 11) is -3.45. The van der Waals surface area contributed by atoms with Crippen molar-refractivity contribution in [3.8, 4) is 0 Å². The summed E-state index contributed by atoms with van der Waals surface area (Å²) >= 11 is 2.78. The fraction of sp³-hybridized carbons (Fsp3) is 0.462. The molecule has 0 aliphatic heterocycles. The summed E-state index contributed by atoms with van der Waals surface area (Å²) in [6, 6.07) is 2.37. The lowest BCUT2D eigenvalue weighted by Crippen LogP contribution is -2.22. The molecule has 21 heavy (non-hydrogen) atoms. The van der Waals surface area contributed by atoms with Gasteiger partial charge in [-0.1, -0.05) is 0 Å². The topological polar surface area (TPSA) is 71.1 Å². The number of nitrogens with zero attached hydrogens (tertiary/aromatic N) is 1. The fourth-order valence-electron chi connectivity index (χ4n) is 1.89. The van der Waals surface area contributed by atoms with Crippen molar-refractivity contribution in [1.82, 2.24) is 15.0 Å². The molecule has 0 amide bonds. The van der Waals surface area contributed by atoms with Crippen LogP contribution in [0.5, 0.6) is 0 Å². The van der Waals surface area contributed by atoms with Crippen LogP contribution in [-0.2, 0) is 23.1 Å². The van der Waals surface area contributed by atoms with Crippen LogP contribution in [0.25, 0.3) is 0 Å². The number of hydrogen-bond acceptors (Lipinski definition) is 6. The first-order valence-electron chi connectivity index (χ1n) is 6.75. The molecule has 3 rings (SSSR count). The molecule has 8 heteroatoms. The highest BCUT2D eigenvalue weighted by molar-refractivity contribution is 7.91. The summed E-state index contributed by atoms with van der Waals surface area (Å²) in [5.41, 5.74) is 1.03. The highest BCUT2D eigenvalue weighted by Gasteiger charge is 2.22. The van der Waals surface area contributed by atoms with Gasteiger partial charge in [0.25, 0.3) is 0 Å². The van der Waals surface area contributed by atoms with Crippen LogP contribution in [0.15, 0.2) is 21.9 Å². The van der Waals surface area contributed by atoms with Crippen molar-refractivity contribution < 1.29 is 8.42 Å². The molecule has 2 heterocycles. The molecule has 1 aliphatic carbocycles. The summed E-state index contributed by atoms with van der Waals surface area (Å²) in [4.78, 5) is 5.17. The third-order valence-corrected chi connectivity index (χ3v) is 7.18. The fourth-order valence-corrected chi connectivity index (χ4v) is 5.11. The summed E-state index contributed by atoms with van der Waals surface area (Å²) in [6.07, 6.45) is 4.13. The van der Waals surface area contributed by atoms with Gasteiger partial charge >= 0.3 is 0 Å². The maximum Gasteiger partial charge on any atom is 0.250 e. The number of aromatic nitrogens is 1. The molecule has 2 N–H and O–H groups in total. The average molecular weight is 343 g/mol. The Bertz CT molecular complexity index is 703. The maximum absolute atomic E-state index is 12.3. The molecular weight excluding hydrogens is 326 g/mol. The number of rotatable bonds is 7. The first-order chi connectivity index (χ1) is 10.0. The molecular formula is C13H17N3O2S3. The maximum atomic E-state index is 12.3. The SMILES string of the molecule is Cc1cc(S(=O)(=O)NCc2nccs2)sc1CNC1CC1. The van der Waals surface area contributed by atoms with Gasteiger partial charge in [0.15, 0.2) is 0 Å². The van der Waals surface area contributed by atoms with Gasteiger partial charge in [0.1, 0.15) is 9.22 Å². The average Bonchev–Trinajstić information content (AvgIpc) is 2.98. The number of nitrogens with one attached hydrogen (secondary N) is 2. The zero-order valence-electron chi connectivity index (χ0n) is 11.6. The van der Waals surface area contributed by atoms with Crippen molar-refractivity contribution in [2.45, 2.75) is 43.1 Å². The summed E-state index contributed by atoms with van der Waals surface area (Å²) in [6.45, 7) is 2.95. The van der Waals surface area contributed by atoms with Crippen LogP contribution in [0.4, 0.5) is 0 Å². The van der Waals surface area contributed by atoms with Crippen molar-refractivity contribution in [1.29, 1.82) is 0 Å².